The maximum absolute atomic E-state index is 11.3. The molecule has 9 nitrogen and oxygen atoms in total. The van der Waals surface area contributed by atoms with E-state index in [1.165, 1.54) is 5.56 Å². The van der Waals surface area contributed by atoms with Crippen LogP contribution in [0.1, 0.15) is 24.0 Å². The van der Waals surface area contributed by atoms with Crippen molar-refractivity contribution in [3.05, 3.63) is 59.7 Å². The van der Waals surface area contributed by atoms with Gasteiger partial charge < -0.3 is 25.4 Å². The quantitative estimate of drug-likeness (QED) is 0.552. The van der Waals surface area contributed by atoms with E-state index in [9.17, 15) is 4.79 Å². The summed E-state index contributed by atoms with van der Waals surface area (Å²) in [5.41, 5.74) is 7.70. The van der Waals surface area contributed by atoms with E-state index in [4.69, 9.17) is 35.0 Å². The highest BCUT2D eigenvalue weighted by Crippen LogP contribution is 2.30. The Morgan fingerprint density at radius 1 is 0.969 bits per heavy atom. The molecule has 32 heavy (non-hydrogen) atoms. The smallest absolute Gasteiger partial charge is 0.414 e. The SMILES string of the molecule is COc1cc(CN2CCC(C(N)=O)CC2)ccc1OCc1ccccc1.O=C(O)C(=O)O. The van der Waals surface area contributed by atoms with Crippen molar-refractivity contribution in [2.45, 2.75) is 26.0 Å². The second-order valence-electron chi connectivity index (χ2n) is 7.32. The minimum absolute atomic E-state index is 0.0227. The van der Waals surface area contributed by atoms with Crippen LogP contribution in [0.25, 0.3) is 0 Å². The summed E-state index contributed by atoms with van der Waals surface area (Å²) in [6.07, 6.45) is 1.68. The number of hydrogen-bond donors (Lipinski definition) is 3. The van der Waals surface area contributed by atoms with Crippen molar-refractivity contribution in [1.29, 1.82) is 0 Å². The third-order valence-corrected chi connectivity index (χ3v) is 5.04. The minimum atomic E-state index is -1.82. The van der Waals surface area contributed by atoms with Crippen LogP contribution in [0.3, 0.4) is 0 Å². The number of amides is 1. The molecule has 0 spiro atoms. The molecule has 1 fully saturated rings. The number of likely N-dealkylation sites (tertiary alicyclic amines) is 1. The molecule has 4 N–H and O–H groups in total. The van der Waals surface area contributed by atoms with Crippen LogP contribution in [0.4, 0.5) is 0 Å². The first-order valence-electron chi connectivity index (χ1n) is 10.1. The van der Waals surface area contributed by atoms with Crippen LogP contribution < -0.4 is 15.2 Å². The number of aliphatic carboxylic acids is 2. The number of hydrogen-bond acceptors (Lipinski definition) is 6. The van der Waals surface area contributed by atoms with Gasteiger partial charge in [-0.05, 0) is 49.2 Å². The molecule has 0 saturated carbocycles. The number of carbonyl (C=O) groups excluding carboxylic acids is 1. The molecule has 1 aliphatic rings. The molecule has 9 heteroatoms. The zero-order valence-electron chi connectivity index (χ0n) is 17.9. The van der Waals surface area contributed by atoms with Crippen LogP contribution in [0.15, 0.2) is 48.5 Å². The topological polar surface area (TPSA) is 139 Å². The molecule has 0 aliphatic carbocycles. The summed E-state index contributed by atoms with van der Waals surface area (Å²) in [4.78, 5) is 31.8. The largest absolute Gasteiger partial charge is 0.493 e. The predicted molar refractivity (Wildman–Crippen MR) is 116 cm³/mol. The summed E-state index contributed by atoms with van der Waals surface area (Å²) < 4.78 is 11.4. The van der Waals surface area contributed by atoms with Crippen LogP contribution in [0.5, 0.6) is 11.5 Å². The van der Waals surface area contributed by atoms with Gasteiger partial charge in [-0.3, -0.25) is 9.69 Å². The van der Waals surface area contributed by atoms with Gasteiger partial charge >= 0.3 is 11.9 Å². The van der Waals surface area contributed by atoms with Gasteiger partial charge in [0.2, 0.25) is 5.91 Å². The fraction of sp³-hybridized carbons (Fsp3) is 0.348. The van der Waals surface area contributed by atoms with Crippen molar-refractivity contribution >= 4 is 17.8 Å². The molecule has 1 aliphatic heterocycles. The van der Waals surface area contributed by atoms with Crippen LogP contribution in [0, 0.1) is 5.92 Å². The Morgan fingerprint density at radius 2 is 1.59 bits per heavy atom. The van der Waals surface area contributed by atoms with Gasteiger partial charge in [0.15, 0.2) is 11.5 Å². The molecule has 2 aromatic rings. The molecular formula is C23H28N2O7. The summed E-state index contributed by atoms with van der Waals surface area (Å²) in [5.74, 6) is -2.32. The maximum Gasteiger partial charge on any atom is 0.414 e. The van der Waals surface area contributed by atoms with Crippen LogP contribution in [-0.4, -0.2) is 53.2 Å². The van der Waals surface area contributed by atoms with Crippen molar-refractivity contribution in [3.63, 3.8) is 0 Å². The number of carboxylic acid groups (broad SMARTS) is 2. The van der Waals surface area contributed by atoms with E-state index in [0.29, 0.717) is 6.61 Å². The van der Waals surface area contributed by atoms with E-state index in [2.05, 4.69) is 11.0 Å². The second kappa shape index (κ2) is 12.3. The van der Waals surface area contributed by atoms with E-state index in [1.54, 1.807) is 7.11 Å². The third-order valence-electron chi connectivity index (χ3n) is 5.04. The molecule has 3 rings (SSSR count). The summed E-state index contributed by atoms with van der Waals surface area (Å²) in [6.45, 7) is 3.13. The second-order valence-corrected chi connectivity index (χ2v) is 7.32. The normalized spacial score (nSPS) is 14.0. The molecule has 1 amide bonds. The fourth-order valence-corrected chi connectivity index (χ4v) is 3.30. The number of carboxylic acids is 2. The van der Waals surface area contributed by atoms with Crippen molar-refractivity contribution < 1.29 is 34.1 Å². The number of rotatable bonds is 7. The van der Waals surface area contributed by atoms with E-state index < -0.39 is 11.9 Å². The standard InChI is InChI=1S/C21H26N2O3.C2H2O4/c1-25-20-13-17(14-23-11-9-18(10-12-23)21(22)24)7-8-19(20)26-15-16-5-3-2-4-6-16;3-1(4)2(5)6/h2-8,13,18H,9-12,14-15H2,1H3,(H2,22,24);(H,3,4)(H,5,6). The zero-order chi connectivity index (χ0) is 23.5. The lowest BCUT2D eigenvalue weighted by atomic mass is 9.96. The number of piperidine rings is 1. The minimum Gasteiger partial charge on any atom is -0.493 e. The monoisotopic (exact) mass is 444 g/mol. The number of ether oxygens (including phenoxy) is 2. The van der Waals surface area contributed by atoms with Crippen molar-refractivity contribution in [2.75, 3.05) is 20.2 Å². The first kappa shape index (κ1) is 24.7. The molecule has 0 radical (unpaired) electrons. The highest BCUT2D eigenvalue weighted by atomic mass is 16.5. The average molecular weight is 444 g/mol. The van der Waals surface area contributed by atoms with Gasteiger partial charge in [0.25, 0.3) is 0 Å². The van der Waals surface area contributed by atoms with Gasteiger partial charge in [0.05, 0.1) is 7.11 Å². The zero-order valence-corrected chi connectivity index (χ0v) is 17.9. The first-order valence-corrected chi connectivity index (χ1v) is 10.1. The molecule has 0 unspecified atom stereocenters. The highest BCUT2D eigenvalue weighted by molar-refractivity contribution is 6.27. The summed E-state index contributed by atoms with van der Waals surface area (Å²) in [7, 11) is 1.66. The maximum atomic E-state index is 11.3. The van der Waals surface area contributed by atoms with E-state index in [0.717, 1.165) is 49.5 Å². The van der Waals surface area contributed by atoms with E-state index >= 15 is 0 Å². The molecule has 2 aromatic carbocycles. The Balaban J connectivity index is 0.000000534. The van der Waals surface area contributed by atoms with Gasteiger partial charge in [0, 0.05) is 12.5 Å². The van der Waals surface area contributed by atoms with Crippen LogP contribution in [-0.2, 0) is 27.5 Å². The Hall–Kier alpha value is -3.59. The van der Waals surface area contributed by atoms with Crippen LogP contribution >= 0.6 is 0 Å². The number of primary amides is 1. The Bertz CT molecular complexity index is 898. The highest BCUT2D eigenvalue weighted by Gasteiger charge is 2.23. The number of nitrogens with zero attached hydrogens (tertiary/aromatic N) is 1. The van der Waals surface area contributed by atoms with E-state index in [1.807, 2.05) is 42.5 Å². The summed E-state index contributed by atoms with van der Waals surface area (Å²) >= 11 is 0. The summed E-state index contributed by atoms with van der Waals surface area (Å²) in [6, 6.07) is 16.1. The van der Waals surface area contributed by atoms with Crippen molar-refractivity contribution in [3.8, 4) is 11.5 Å². The molecule has 1 heterocycles. The lowest BCUT2D eigenvalue weighted by Gasteiger charge is -2.30. The molecular weight excluding hydrogens is 416 g/mol. The Morgan fingerprint density at radius 3 is 2.12 bits per heavy atom. The molecule has 1 saturated heterocycles. The van der Waals surface area contributed by atoms with Gasteiger partial charge in [-0.25, -0.2) is 9.59 Å². The third kappa shape index (κ3) is 7.92. The van der Waals surface area contributed by atoms with Crippen LogP contribution in [0.2, 0.25) is 0 Å². The van der Waals surface area contributed by atoms with Crippen molar-refractivity contribution in [2.24, 2.45) is 11.7 Å². The average Bonchev–Trinajstić information content (AvgIpc) is 2.79. The lowest BCUT2D eigenvalue weighted by Crippen LogP contribution is -2.38. The molecule has 0 aromatic heterocycles. The molecule has 0 atom stereocenters. The molecule has 172 valence electrons. The van der Waals surface area contributed by atoms with Gasteiger partial charge in [-0.2, -0.15) is 0 Å². The Labute approximate surface area is 186 Å². The number of carbonyl (C=O) groups is 3. The number of benzene rings is 2. The number of nitrogens with two attached hydrogens (primary N) is 1. The fourth-order valence-electron chi connectivity index (χ4n) is 3.30. The molecule has 0 bridgehead atoms. The van der Waals surface area contributed by atoms with E-state index in [-0.39, 0.29) is 11.8 Å². The summed E-state index contributed by atoms with van der Waals surface area (Å²) in [5, 5.41) is 14.8. The van der Waals surface area contributed by atoms with Gasteiger partial charge in [-0.15, -0.1) is 0 Å². The lowest BCUT2D eigenvalue weighted by molar-refractivity contribution is -0.159. The van der Waals surface area contributed by atoms with Crippen molar-refractivity contribution in [1.82, 2.24) is 4.90 Å². The first-order chi connectivity index (χ1) is 15.3. The number of methoxy groups -OCH3 is 1. The van der Waals surface area contributed by atoms with Gasteiger partial charge in [0.1, 0.15) is 6.61 Å². The predicted octanol–water partition coefficient (Wildman–Crippen LogP) is 2.13. The Kier molecular flexibility index (Phi) is 9.49. The van der Waals surface area contributed by atoms with Gasteiger partial charge in [-0.1, -0.05) is 36.4 Å².